The highest BCUT2D eigenvalue weighted by Gasteiger charge is 2.39. The van der Waals surface area contributed by atoms with Crippen LogP contribution >= 0.6 is 11.3 Å². The Balaban J connectivity index is 0.000000169. The minimum Gasteiger partial charge on any atom is -0.444 e. The summed E-state index contributed by atoms with van der Waals surface area (Å²) in [6, 6.07) is 36.1. The fraction of sp³-hybridized carbons (Fsp3) is 0.341. The minimum atomic E-state index is -0.508. The summed E-state index contributed by atoms with van der Waals surface area (Å²) in [5.74, 6) is 0.417. The molecule has 3 fully saturated rings. The number of aromatic nitrogens is 1. The molecule has 0 spiro atoms. The molecule has 286 valence electrons. The van der Waals surface area contributed by atoms with Gasteiger partial charge in [-0.25, -0.2) is 9.78 Å². The lowest BCUT2D eigenvalue weighted by atomic mass is 9.86. The number of rotatable bonds is 11. The monoisotopic (exact) mass is 758 g/mol. The van der Waals surface area contributed by atoms with E-state index in [-0.39, 0.29) is 30.6 Å². The van der Waals surface area contributed by atoms with E-state index in [1.807, 2.05) is 77.7 Å². The van der Waals surface area contributed by atoms with Gasteiger partial charge in [0.05, 0.1) is 24.3 Å². The van der Waals surface area contributed by atoms with Crippen molar-refractivity contribution in [1.82, 2.24) is 20.1 Å². The fourth-order valence-corrected chi connectivity index (χ4v) is 8.36. The van der Waals surface area contributed by atoms with Crippen LogP contribution in [0, 0.1) is 5.92 Å². The number of hydrogen-bond donors (Lipinski definition) is 4. The average Bonchev–Trinajstić information content (AvgIpc) is 3.64. The van der Waals surface area contributed by atoms with E-state index in [1.54, 1.807) is 5.38 Å². The van der Waals surface area contributed by atoms with Crippen molar-refractivity contribution in [3.63, 3.8) is 0 Å². The van der Waals surface area contributed by atoms with Crippen LogP contribution in [0.2, 0.25) is 0 Å². The van der Waals surface area contributed by atoms with Crippen LogP contribution in [0.15, 0.2) is 115 Å². The van der Waals surface area contributed by atoms with Gasteiger partial charge in [0.2, 0.25) is 5.91 Å². The lowest BCUT2D eigenvalue weighted by Gasteiger charge is -2.45. The van der Waals surface area contributed by atoms with Gasteiger partial charge in [-0.2, -0.15) is 0 Å². The maximum atomic E-state index is 13.2. The number of amides is 2. The van der Waals surface area contributed by atoms with Crippen LogP contribution in [0.1, 0.15) is 58.5 Å². The minimum absolute atomic E-state index is 0.0496. The molecule has 10 nitrogen and oxygen atoms in total. The largest absolute Gasteiger partial charge is 0.444 e. The number of carbonyl (C=O) groups is 2. The van der Waals surface area contributed by atoms with E-state index in [2.05, 4.69) is 56.9 Å². The number of fused-ring (bicyclic) bond motifs is 4. The van der Waals surface area contributed by atoms with Crippen LogP contribution in [0.25, 0.3) is 0 Å². The number of thiazole rings is 1. The lowest BCUT2D eigenvalue weighted by Crippen LogP contribution is -2.53. The Hall–Kier alpha value is -5.07. The maximum Gasteiger partial charge on any atom is 0.410 e. The predicted molar refractivity (Wildman–Crippen MR) is 218 cm³/mol. The first-order valence-corrected chi connectivity index (χ1v) is 20.1. The molecule has 3 atom stereocenters. The molecule has 0 unspecified atom stereocenters. The second-order valence-electron chi connectivity index (χ2n) is 14.5. The van der Waals surface area contributed by atoms with E-state index in [4.69, 9.17) is 10.5 Å². The van der Waals surface area contributed by atoms with Gasteiger partial charge in [0.15, 0.2) is 5.13 Å². The van der Waals surface area contributed by atoms with Crippen LogP contribution in [0.5, 0.6) is 0 Å². The molecule has 0 aliphatic carbocycles. The molecule has 2 bridgehead atoms. The molecule has 11 heteroatoms. The van der Waals surface area contributed by atoms with E-state index in [9.17, 15) is 14.7 Å². The number of hydrogen-bond acceptors (Lipinski definition) is 9. The number of nitrogens with one attached hydrogen (secondary N) is 2. The Morgan fingerprint density at radius 2 is 1.62 bits per heavy atom. The molecule has 5 aromatic rings. The van der Waals surface area contributed by atoms with Crippen LogP contribution in [-0.2, 0) is 28.8 Å². The smallest absolute Gasteiger partial charge is 0.410 e. The van der Waals surface area contributed by atoms with E-state index >= 15 is 0 Å². The molecule has 0 saturated carbocycles. The van der Waals surface area contributed by atoms with Crippen molar-refractivity contribution in [2.45, 2.75) is 50.4 Å². The SMILES string of the molecule is Nc1nc(CC(=O)Nc2ccc(CCNC[C@H](O)c3ccccc3)cc2)cs1.O=C(O[C@H]1CN2CCC1CC2)N1CCc2ccccc2[C@@H]1c1ccccc1. The zero-order valence-corrected chi connectivity index (χ0v) is 31.9. The van der Waals surface area contributed by atoms with Crippen molar-refractivity contribution in [2.75, 3.05) is 50.3 Å². The van der Waals surface area contributed by atoms with Gasteiger partial charge < -0.3 is 26.2 Å². The summed E-state index contributed by atoms with van der Waals surface area (Å²) in [4.78, 5) is 33.7. The van der Waals surface area contributed by atoms with Crippen molar-refractivity contribution in [3.05, 3.63) is 148 Å². The molecule has 0 radical (unpaired) electrons. The fourth-order valence-electron chi connectivity index (χ4n) is 7.79. The van der Waals surface area contributed by atoms with Gasteiger partial charge >= 0.3 is 6.09 Å². The first-order valence-electron chi connectivity index (χ1n) is 19.2. The number of nitrogens with two attached hydrogens (primary N) is 1. The molecule has 4 aliphatic heterocycles. The number of aliphatic hydroxyl groups is 1. The van der Waals surface area contributed by atoms with E-state index in [0.29, 0.717) is 29.8 Å². The Bertz CT molecular complexity index is 1980. The standard InChI is InChI=1S/C23H26N2O2.C21H24N4O2S/c26-23(27-21-16-24-13-10-18(21)11-14-24)25-15-12-17-6-4-5-9-20(17)22(25)19-7-2-1-3-8-19;22-21-25-18(14-28-21)12-20(27)24-17-8-6-15(7-9-17)10-11-23-13-19(26)16-4-2-1-3-5-16/h1-9,18,21-22H,10-16H2;1-9,14,19,23,26H,10-13H2,(H2,22,25)(H,24,27)/t21-,22-;19-/m00/s1. The van der Waals surface area contributed by atoms with Gasteiger partial charge in [0.1, 0.15) is 6.10 Å². The molecular formula is C44H50N6O4S. The molecule has 9 rings (SSSR count). The van der Waals surface area contributed by atoms with Crippen LogP contribution in [0.4, 0.5) is 15.6 Å². The number of benzene rings is 4. The molecule has 1 aromatic heterocycles. The third-order valence-corrected chi connectivity index (χ3v) is 11.5. The summed E-state index contributed by atoms with van der Waals surface area (Å²) in [6.45, 7) is 5.19. The Morgan fingerprint density at radius 3 is 2.31 bits per heavy atom. The number of nitrogen functional groups attached to an aromatic ring is 1. The number of anilines is 2. The highest BCUT2D eigenvalue weighted by molar-refractivity contribution is 7.13. The molecule has 4 aliphatic rings. The number of nitrogens with zero attached hydrogens (tertiary/aromatic N) is 3. The Kier molecular flexibility index (Phi) is 12.9. The predicted octanol–water partition coefficient (Wildman–Crippen LogP) is 6.64. The molecule has 3 saturated heterocycles. The number of aliphatic hydroxyl groups excluding tert-OH is 1. The second-order valence-corrected chi connectivity index (χ2v) is 15.4. The molecule has 2 amide bonds. The van der Waals surface area contributed by atoms with Crippen LogP contribution in [-0.4, -0.2) is 77.3 Å². The number of carbonyl (C=O) groups excluding carboxylic acids is 2. The van der Waals surface area contributed by atoms with Crippen LogP contribution < -0.4 is 16.4 Å². The second kappa shape index (κ2) is 18.5. The van der Waals surface area contributed by atoms with Gasteiger partial charge in [-0.3, -0.25) is 14.6 Å². The Labute approximate surface area is 327 Å². The normalized spacial score (nSPS) is 20.4. The summed E-state index contributed by atoms with van der Waals surface area (Å²) in [5, 5.41) is 18.5. The number of piperidine rings is 3. The van der Waals surface area contributed by atoms with E-state index in [0.717, 1.165) is 74.2 Å². The lowest BCUT2D eigenvalue weighted by molar-refractivity contribution is -0.115. The van der Waals surface area contributed by atoms with Crippen molar-refractivity contribution >= 4 is 34.2 Å². The van der Waals surface area contributed by atoms with E-state index < -0.39 is 6.10 Å². The Morgan fingerprint density at radius 1 is 0.909 bits per heavy atom. The first kappa shape index (κ1) is 38.2. The molecule has 4 aromatic carbocycles. The number of ether oxygens (including phenoxy) is 1. The van der Waals surface area contributed by atoms with Gasteiger partial charge in [-0.05, 0) is 91.2 Å². The topological polar surface area (TPSA) is 133 Å². The molecule has 5 heterocycles. The molecule has 5 N–H and O–H groups in total. The highest BCUT2D eigenvalue weighted by atomic mass is 32.1. The summed E-state index contributed by atoms with van der Waals surface area (Å²) in [6.07, 6.45) is 3.63. The summed E-state index contributed by atoms with van der Waals surface area (Å²) >= 11 is 1.33. The summed E-state index contributed by atoms with van der Waals surface area (Å²) in [7, 11) is 0. The van der Waals surface area contributed by atoms with Crippen LogP contribution in [0.3, 0.4) is 0 Å². The highest BCUT2D eigenvalue weighted by Crippen LogP contribution is 2.37. The zero-order valence-electron chi connectivity index (χ0n) is 31.1. The quantitative estimate of drug-likeness (QED) is 0.110. The van der Waals surface area contributed by atoms with Gasteiger partial charge in [0, 0.05) is 30.7 Å². The third-order valence-electron chi connectivity index (χ3n) is 10.7. The maximum absolute atomic E-state index is 13.2. The van der Waals surface area contributed by atoms with Crippen molar-refractivity contribution < 1.29 is 19.4 Å². The van der Waals surface area contributed by atoms with Gasteiger partial charge in [0.25, 0.3) is 0 Å². The van der Waals surface area contributed by atoms with Crippen molar-refractivity contribution in [2.24, 2.45) is 5.92 Å². The third kappa shape index (κ3) is 10.2. The van der Waals surface area contributed by atoms with Gasteiger partial charge in [-0.1, -0.05) is 97.1 Å². The summed E-state index contributed by atoms with van der Waals surface area (Å²) in [5.41, 5.74) is 12.8. The van der Waals surface area contributed by atoms with Crippen molar-refractivity contribution in [3.8, 4) is 0 Å². The first-order chi connectivity index (χ1) is 26.9. The summed E-state index contributed by atoms with van der Waals surface area (Å²) < 4.78 is 6.08. The van der Waals surface area contributed by atoms with E-state index in [1.165, 1.54) is 22.5 Å². The molecular weight excluding hydrogens is 709 g/mol. The average molecular weight is 759 g/mol. The van der Waals surface area contributed by atoms with Gasteiger partial charge in [-0.15, -0.1) is 11.3 Å². The zero-order chi connectivity index (χ0) is 38.0. The molecule has 55 heavy (non-hydrogen) atoms. The van der Waals surface area contributed by atoms with Crippen molar-refractivity contribution in [1.29, 1.82) is 0 Å².